The molecular weight excluding hydrogens is 402 g/mol. The molecule has 1 aromatic carbocycles. The lowest BCUT2D eigenvalue weighted by atomic mass is 10.0. The van der Waals surface area contributed by atoms with Gasteiger partial charge in [0, 0.05) is 48.5 Å². The summed E-state index contributed by atoms with van der Waals surface area (Å²) in [5, 5.41) is 3.46. The maximum Gasteiger partial charge on any atom is 0.251 e. The van der Waals surface area contributed by atoms with Gasteiger partial charge < -0.3 is 15.1 Å². The van der Waals surface area contributed by atoms with Crippen molar-refractivity contribution < 1.29 is 9.59 Å². The quantitative estimate of drug-likeness (QED) is 0.790. The molecule has 1 atom stereocenters. The Balaban J connectivity index is 1.63. The summed E-state index contributed by atoms with van der Waals surface area (Å²) in [7, 11) is 0. The van der Waals surface area contributed by atoms with Gasteiger partial charge in [0.1, 0.15) is 17.7 Å². The highest BCUT2D eigenvalue weighted by Gasteiger charge is 2.31. The lowest BCUT2D eigenvalue weighted by Crippen LogP contribution is -2.56. The fraction of sp³-hybridized carbons (Fsp3) is 0.455. The van der Waals surface area contributed by atoms with Crippen LogP contribution in [0.15, 0.2) is 30.3 Å². The van der Waals surface area contributed by atoms with E-state index in [2.05, 4.69) is 20.2 Å². The molecule has 0 saturated carbocycles. The monoisotopic (exact) mass is 429 g/mol. The first-order chi connectivity index (χ1) is 14.2. The van der Waals surface area contributed by atoms with Crippen LogP contribution in [-0.2, 0) is 4.79 Å². The zero-order valence-electron chi connectivity index (χ0n) is 17.9. The number of benzene rings is 1. The summed E-state index contributed by atoms with van der Waals surface area (Å²) in [4.78, 5) is 38.6. The molecule has 7 nitrogen and oxygen atoms in total. The fourth-order valence-electron chi connectivity index (χ4n) is 3.55. The number of anilines is 1. The normalized spacial score (nSPS) is 15.3. The second kappa shape index (κ2) is 9.43. The molecule has 1 aliphatic rings. The van der Waals surface area contributed by atoms with Crippen LogP contribution < -0.4 is 10.2 Å². The molecule has 1 saturated heterocycles. The fourth-order valence-corrected chi connectivity index (χ4v) is 3.68. The first-order valence-electron chi connectivity index (χ1n) is 10.2. The number of carbonyl (C=O) groups excluding carboxylic acids is 2. The zero-order chi connectivity index (χ0) is 21.8. The molecule has 30 heavy (non-hydrogen) atoms. The van der Waals surface area contributed by atoms with E-state index in [1.807, 2.05) is 38.7 Å². The van der Waals surface area contributed by atoms with Crippen LogP contribution in [0, 0.1) is 19.8 Å². The van der Waals surface area contributed by atoms with Gasteiger partial charge in [-0.1, -0.05) is 25.4 Å². The predicted octanol–water partition coefficient (Wildman–Crippen LogP) is 2.85. The number of nitrogens with one attached hydrogen (secondary N) is 1. The summed E-state index contributed by atoms with van der Waals surface area (Å²) in [6.07, 6.45) is 0. The van der Waals surface area contributed by atoms with E-state index in [1.54, 1.807) is 24.3 Å². The molecule has 0 spiro atoms. The molecule has 3 rings (SSSR count). The van der Waals surface area contributed by atoms with Crippen molar-refractivity contribution in [1.29, 1.82) is 0 Å². The second-order valence-electron chi connectivity index (χ2n) is 7.93. The highest BCUT2D eigenvalue weighted by atomic mass is 35.5. The SMILES string of the molecule is Cc1cc(N2CCN(C(=O)C(NC(=O)c3ccc(Cl)cc3)C(C)C)CC2)nc(C)n1. The highest BCUT2D eigenvalue weighted by Crippen LogP contribution is 2.17. The van der Waals surface area contributed by atoms with Crippen molar-refractivity contribution in [3.8, 4) is 0 Å². The van der Waals surface area contributed by atoms with Gasteiger partial charge >= 0.3 is 0 Å². The number of amides is 2. The highest BCUT2D eigenvalue weighted by molar-refractivity contribution is 6.30. The van der Waals surface area contributed by atoms with Gasteiger partial charge in [0.05, 0.1) is 0 Å². The number of aryl methyl sites for hydroxylation is 2. The third-order valence-electron chi connectivity index (χ3n) is 5.19. The Labute approximate surface area is 182 Å². The maximum atomic E-state index is 13.2. The molecule has 0 bridgehead atoms. The number of piperazine rings is 1. The van der Waals surface area contributed by atoms with Gasteiger partial charge in [-0.3, -0.25) is 9.59 Å². The molecular formula is C22H28ClN5O2. The van der Waals surface area contributed by atoms with Crippen LogP contribution in [0.1, 0.15) is 35.7 Å². The summed E-state index contributed by atoms with van der Waals surface area (Å²) < 4.78 is 0. The zero-order valence-corrected chi connectivity index (χ0v) is 18.6. The summed E-state index contributed by atoms with van der Waals surface area (Å²) in [6, 6.07) is 8.03. The van der Waals surface area contributed by atoms with E-state index < -0.39 is 6.04 Å². The van der Waals surface area contributed by atoms with Crippen molar-refractivity contribution in [1.82, 2.24) is 20.2 Å². The van der Waals surface area contributed by atoms with Crippen LogP contribution in [0.5, 0.6) is 0 Å². The van der Waals surface area contributed by atoms with E-state index in [0.29, 0.717) is 36.8 Å². The van der Waals surface area contributed by atoms with Crippen LogP contribution >= 0.6 is 11.6 Å². The number of nitrogens with zero attached hydrogens (tertiary/aromatic N) is 4. The number of aromatic nitrogens is 2. The van der Waals surface area contributed by atoms with E-state index in [9.17, 15) is 9.59 Å². The average molecular weight is 430 g/mol. The van der Waals surface area contributed by atoms with Crippen molar-refractivity contribution in [2.45, 2.75) is 33.7 Å². The third kappa shape index (κ3) is 5.27. The van der Waals surface area contributed by atoms with E-state index >= 15 is 0 Å². The van der Waals surface area contributed by atoms with Gasteiger partial charge in [0.25, 0.3) is 5.91 Å². The van der Waals surface area contributed by atoms with E-state index in [1.165, 1.54) is 0 Å². The first-order valence-corrected chi connectivity index (χ1v) is 10.5. The van der Waals surface area contributed by atoms with Crippen LogP contribution in [0.25, 0.3) is 0 Å². The second-order valence-corrected chi connectivity index (χ2v) is 8.37. The van der Waals surface area contributed by atoms with Gasteiger partial charge in [-0.15, -0.1) is 0 Å². The molecule has 2 amide bonds. The van der Waals surface area contributed by atoms with Crippen LogP contribution in [0.3, 0.4) is 0 Å². The first kappa shape index (κ1) is 22.0. The minimum Gasteiger partial charge on any atom is -0.353 e. The lowest BCUT2D eigenvalue weighted by molar-refractivity contribution is -0.134. The molecule has 1 aromatic heterocycles. The Hall–Kier alpha value is -2.67. The van der Waals surface area contributed by atoms with E-state index in [0.717, 1.165) is 17.3 Å². The molecule has 1 aliphatic heterocycles. The summed E-state index contributed by atoms with van der Waals surface area (Å²) in [5.74, 6) is 1.28. The average Bonchev–Trinajstić information content (AvgIpc) is 2.71. The van der Waals surface area contributed by atoms with Crippen LogP contribution in [0.4, 0.5) is 5.82 Å². The minimum atomic E-state index is -0.580. The molecule has 1 fully saturated rings. The van der Waals surface area contributed by atoms with Gasteiger partial charge in [-0.25, -0.2) is 9.97 Å². The molecule has 0 radical (unpaired) electrons. The van der Waals surface area contributed by atoms with Gasteiger partial charge in [0.2, 0.25) is 5.91 Å². The summed E-state index contributed by atoms with van der Waals surface area (Å²) in [6.45, 7) is 10.3. The lowest BCUT2D eigenvalue weighted by Gasteiger charge is -2.37. The Morgan fingerprint density at radius 2 is 1.67 bits per heavy atom. The van der Waals surface area contributed by atoms with Crippen LogP contribution in [-0.4, -0.2) is 58.9 Å². The third-order valence-corrected chi connectivity index (χ3v) is 5.45. The summed E-state index contributed by atoms with van der Waals surface area (Å²) >= 11 is 5.89. The van der Waals surface area contributed by atoms with Crippen LogP contribution in [0.2, 0.25) is 5.02 Å². The maximum absolute atomic E-state index is 13.2. The smallest absolute Gasteiger partial charge is 0.251 e. The minimum absolute atomic E-state index is 0.0288. The van der Waals surface area contributed by atoms with Gasteiger partial charge in [0.15, 0.2) is 0 Å². The molecule has 2 heterocycles. The Morgan fingerprint density at radius 3 is 2.23 bits per heavy atom. The molecule has 8 heteroatoms. The Bertz CT molecular complexity index is 888. The molecule has 1 N–H and O–H groups in total. The largest absolute Gasteiger partial charge is 0.353 e. The predicted molar refractivity (Wildman–Crippen MR) is 118 cm³/mol. The molecule has 1 unspecified atom stereocenters. The van der Waals surface area contributed by atoms with Crippen molar-refractivity contribution in [3.63, 3.8) is 0 Å². The van der Waals surface area contributed by atoms with Gasteiger partial charge in [-0.2, -0.15) is 0 Å². The molecule has 160 valence electrons. The molecule has 0 aliphatic carbocycles. The van der Waals surface area contributed by atoms with Crippen molar-refractivity contribution in [3.05, 3.63) is 52.4 Å². The number of rotatable bonds is 5. The summed E-state index contributed by atoms with van der Waals surface area (Å²) in [5.41, 5.74) is 1.41. The topological polar surface area (TPSA) is 78.4 Å². The van der Waals surface area contributed by atoms with E-state index in [-0.39, 0.29) is 17.7 Å². The number of hydrogen-bond donors (Lipinski definition) is 1. The van der Waals surface area contributed by atoms with E-state index in [4.69, 9.17) is 11.6 Å². The standard InChI is InChI=1S/C22H28ClN5O2/c1-14(2)20(26-21(29)17-5-7-18(23)8-6-17)22(30)28-11-9-27(10-12-28)19-13-15(3)24-16(4)25-19/h5-8,13-14,20H,9-12H2,1-4H3,(H,26,29). The van der Waals surface area contributed by atoms with Crippen molar-refractivity contribution in [2.24, 2.45) is 5.92 Å². The number of carbonyl (C=O) groups is 2. The Morgan fingerprint density at radius 1 is 1.03 bits per heavy atom. The molecule has 2 aromatic rings. The van der Waals surface area contributed by atoms with Crippen molar-refractivity contribution in [2.75, 3.05) is 31.1 Å². The number of halogens is 1. The van der Waals surface area contributed by atoms with Crippen molar-refractivity contribution >= 4 is 29.2 Å². The number of hydrogen-bond acceptors (Lipinski definition) is 5. The Kier molecular flexibility index (Phi) is 6.92. The van der Waals surface area contributed by atoms with Gasteiger partial charge in [-0.05, 0) is 44.0 Å².